The SMILES string of the molecule is C(=C1CCCCC1)c1ccc(C(=Cc2ccc(N(c3ccccc3)c3ccc4c(c3)=c3ccc(N(c5ccccc5)c5ccc(C=C(c6ccccc6)c6ccccc6)cc5)cc3=c3ccccc3=c3ccccc3=4)cc2)c2ccc(C=C3CCCCC3)cc2)cc1. The molecule has 0 amide bonds. The summed E-state index contributed by atoms with van der Waals surface area (Å²) in [6.45, 7) is 0. The molecule has 444 valence electrons. The van der Waals surface area contributed by atoms with Gasteiger partial charge in [-0.15, -0.1) is 0 Å². The van der Waals surface area contributed by atoms with Crippen molar-refractivity contribution in [3.63, 3.8) is 0 Å². The van der Waals surface area contributed by atoms with Crippen LogP contribution in [-0.4, -0.2) is 0 Å². The molecule has 0 aliphatic heterocycles. The average molecular weight is 1180 g/mol. The van der Waals surface area contributed by atoms with Crippen LogP contribution in [0.25, 0.3) is 35.5 Å². The first kappa shape index (κ1) is 57.6. The van der Waals surface area contributed by atoms with E-state index in [0.717, 1.165) is 45.3 Å². The van der Waals surface area contributed by atoms with Crippen LogP contribution in [0.2, 0.25) is 0 Å². The normalized spacial score (nSPS) is 13.2. The van der Waals surface area contributed by atoms with E-state index in [1.807, 2.05) is 0 Å². The largest absolute Gasteiger partial charge is 0.310 e. The zero-order valence-electron chi connectivity index (χ0n) is 52.1. The zero-order chi connectivity index (χ0) is 61.4. The molecule has 0 N–H and O–H groups in total. The molecule has 2 saturated carbocycles. The van der Waals surface area contributed by atoms with E-state index in [1.54, 1.807) is 11.1 Å². The van der Waals surface area contributed by atoms with Crippen LogP contribution in [0.5, 0.6) is 0 Å². The van der Waals surface area contributed by atoms with Crippen molar-refractivity contribution >= 4 is 69.6 Å². The van der Waals surface area contributed by atoms with Gasteiger partial charge in [-0.05, 0) is 234 Å². The monoisotopic (exact) mass is 1180 g/mol. The molecule has 0 bridgehead atoms. The number of rotatable bonds is 14. The van der Waals surface area contributed by atoms with E-state index in [4.69, 9.17) is 0 Å². The van der Waals surface area contributed by atoms with Gasteiger partial charge in [0.1, 0.15) is 0 Å². The Bertz CT molecular complexity index is 5020. The second-order valence-electron chi connectivity index (χ2n) is 24.9. The standard InChI is InChI=1S/C90H74N2/c1-7-23-65(24-8-1)59-67-39-47-73(48-40-67)88(74-49-41-68(42-50-74)60-66-25-9-2-10-26-66)62-70-45-53-77(54-46-70)91(75-31-15-5-16-32-75)79-55-57-85-83-37-20-19-35-81(83)82-36-21-22-38-84(82)89-63-80(56-58-86(89)90(85)64-79)92(76-33-17-6-18-34-76)78-51-43-69(44-52-78)61-87(71-27-11-3-12-28-71)72-29-13-4-14-30-72/h3-6,11-22,27-64H,1-2,7-10,23-26H2. The molecule has 0 spiro atoms. The van der Waals surface area contributed by atoms with Gasteiger partial charge in [-0.3, -0.25) is 0 Å². The lowest BCUT2D eigenvalue weighted by atomic mass is 9.91. The van der Waals surface area contributed by atoms with E-state index >= 15 is 0 Å². The number of anilines is 6. The molecule has 2 nitrogen and oxygen atoms in total. The maximum atomic E-state index is 2.43. The van der Waals surface area contributed by atoms with Gasteiger partial charge in [0.05, 0.1) is 0 Å². The third-order valence-corrected chi connectivity index (χ3v) is 18.8. The second kappa shape index (κ2) is 26.7. The van der Waals surface area contributed by atoms with Crippen molar-refractivity contribution in [2.24, 2.45) is 0 Å². The Kier molecular flexibility index (Phi) is 16.7. The van der Waals surface area contributed by atoms with E-state index in [1.165, 1.54) is 150 Å². The molecule has 92 heavy (non-hydrogen) atoms. The predicted octanol–water partition coefficient (Wildman–Crippen LogP) is 24.0. The van der Waals surface area contributed by atoms with Crippen LogP contribution in [0.3, 0.4) is 0 Å². The number of para-hydroxylation sites is 2. The molecule has 3 aliphatic rings. The summed E-state index contributed by atoms with van der Waals surface area (Å²) in [4.78, 5) is 4.81. The molecule has 12 aromatic carbocycles. The Hall–Kier alpha value is -10.8. The van der Waals surface area contributed by atoms with E-state index in [9.17, 15) is 0 Å². The Morgan fingerprint density at radius 2 is 0.489 bits per heavy atom. The topological polar surface area (TPSA) is 6.48 Å². The predicted molar refractivity (Wildman–Crippen MR) is 388 cm³/mol. The molecule has 12 aromatic rings. The first-order chi connectivity index (χ1) is 45.6. The smallest absolute Gasteiger partial charge is 0.0468 e. The highest BCUT2D eigenvalue weighted by molar-refractivity contribution is 5.93. The highest BCUT2D eigenvalue weighted by Crippen LogP contribution is 2.39. The Morgan fingerprint density at radius 1 is 0.217 bits per heavy atom. The number of allylic oxidation sites excluding steroid dienone is 2. The summed E-state index contributed by atoms with van der Waals surface area (Å²) in [6, 6.07) is 112. The summed E-state index contributed by atoms with van der Waals surface area (Å²) in [5.41, 5.74) is 21.7. The van der Waals surface area contributed by atoms with E-state index in [0.29, 0.717) is 0 Å². The van der Waals surface area contributed by atoms with Gasteiger partial charge in [-0.25, -0.2) is 0 Å². The first-order valence-corrected chi connectivity index (χ1v) is 33.1. The number of hydrogen-bond donors (Lipinski definition) is 0. The fraction of sp³-hybridized carbons (Fsp3) is 0.111. The number of hydrogen-bond acceptors (Lipinski definition) is 2. The van der Waals surface area contributed by atoms with Gasteiger partial charge < -0.3 is 9.80 Å². The first-order valence-electron chi connectivity index (χ1n) is 33.1. The van der Waals surface area contributed by atoms with Crippen LogP contribution >= 0.6 is 0 Å². The quantitative estimate of drug-likeness (QED) is 0.100. The minimum Gasteiger partial charge on any atom is -0.310 e. The summed E-state index contributed by atoms with van der Waals surface area (Å²) in [5, 5.41) is 9.55. The molecule has 15 rings (SSSR count). The number of nitrogens with zero attached hydrogens (tertiary/aromatic N) is 2. The molecule has 2 fully saturated rings. The van der Waals surface area contributed by atoms with Crippen molar-refractivity contribution in [3.05, 3.63) is 401 Å². The maximum Gasteiger partial charge on any atom is 0.0468 e. The highest BCUT2D eigenvalue weighted by Gasteiger charge is 2.18. The van der Waals surface area contributed by atoms with Crippen molar-refractivity contribution in [1.82, 2.24) is 0 Å². The van der Waals surface area contributed by atoms with Gasteiger partial charge >= 0.3 is 0 Å². The van der Waals surface area contributed by atoms with E-state index < -0.39 is 0 Å². The third kappa shape index (κ3) is 12.5. The highest BCUT2D eigenvalue weighted by atomic mass is 15.1. The van der Waals surface area contributed by atoms with E-state index in [2.05, 4.69) is 337 Å². The molecule has 0 unspecified atom stereocenters. The molecular formula is C90H74N2. The minimum atomic E-state index is 1.07. The van der Waals surface area contributed by atoms with Gasteiger partial charge in [0.25, 0.3) is 0 Å². The summed E-state index contributed by atoms with van der Waals surface area (Å²) >= 11 is 0. The van der Waals surface area contributed by atoms with Crippen LogP contribution in [0.4, 0.5) is 34.1 Å². The summed E-state index contributed by atoms with van der Waals surface area (Å²) in [6.07, 6.45) is 22.3. The van der Waals surface area contributed by atoms with Crippen molar-refractivity contribution in [2.75, 3.05) is 9.80 Å². The van der Waals surface area contributed by atoms with Gasteiger partial charge in [0, 0.05) is 34.1 Å². The molecule has 0 heterocycles. The van der Waals surface area contributed by atoms with Crippen LogP contribution in [0.1, 0.15) is 109 Å². The van der Waals surface area contributed by atoms with Crippen LogP contribution in [0.15, 0.2) is 314 Å². The van der Waals surface area contributed by atoms with Crippen molar-refractivity contribution < 1.29 is 0 Å². The molecule has 2 heteroatoms. The van der Waals surface area contributed by atoms with Crippen LogP contribution < -0.4 is 9.80 Å². The summed E-state index contributed by atoms with van der Waals surface area (Å²) in [7, 11) is 0. The van der Waals surface area contributed by atoms with Gasteiger partial charge in [-0.1, -0.05) is 267 Å². The van der Waals surface area contributed by atoms with Crippen LogP contribution in [0, 0.1) is 41.7 Å². The lowest BCUT2D eigenvalue weighted by Gasteiger charge is -2.26. The Balaban J connectivity index is 0.858. The van der Waals surface area contributed by atoms with Crippen molar-refractivity contribution in [1.29, 1.82) is 0 Å². The minimum absolute atomic E-state index is 1.07. The molecular weight excluding hydrogens is 1110 g/mol. The Morgan fingerprint density at radius 3 is 0.859 bits per heavy atom. The number of benzene rings is 12. The molecule has 0 aromatic heterocycles. The summed E-state index contributed by atoms with van der Waals surface area (Å²) < 4.78 is 0. The molecule has 0 atom stereocenters. The van der Waals surface area contributed by atoms with Gasteiger partial charge in [0.15, 0.2) is 0 Å². The third-order valence-electron chi connectivity index (χ3n) is 18.8. The fourth-order valence-electron chi connectivity index (χ4n) is 14.2. The van der Waals surface area contributed by atoms with Crippen LogP contribution in [-0.2, 0) is 0 Å². The average Bonchev–Trinajstić information content (AvgIpc) is 0.759. The van der Waals surface area contributed by atoms with Gasteiger partial charge in [-0.2, -0.15) is 0 Å². The molecule has 3 aliphatic carbocycles. The molecule has 0 saturated heterocycles. The second-order valence-corrected chi connectivity index (χ2v) is 24.9. The maximum absolute atomic E-state index is 2.43. The lowest BCUT2D eigenvalue weighted by Crippen LogP contribution is -2.10. The lowest BCUT2D eigenvalue weighted by molar-refractivity contribution is 0.602. The number of fused-ring (bicyclic) bond motifs is 4. The fourth-order valence-corrected chi connectivity index (χ4v) is 14.2. The molecule has 0 radical (unpaired) electrons. The summed E-state index contributed by atoms with van der Waals surface area (Å²) in [5.74, 6) is 0. The Labute approximate surface area is 541 Å². The van der Waals surface area contributed by atoms with E-state index in [-0.39, 0.29) is 0 Å². The van der Waals surface area contributed by atoms with Gasteiger partial charge in [0.2, 0.25) is 0 Å². The zero-order valence-corrected chi connectivity index (χ0v) is 52.1. The van der Waals surface area contributed by atoms with Crippen molar-refractivity contribution in [2.45, 2.75) is 64.2 Å². The van der Waals surface area contributed by atoms with Crippen molar-refractivity contribution in [3.8, 4) is 0 Å².